The van der Waals surface area contributed by atoms with Crippen LogP contribution in [-0.4, -0.2) is 48.4 Å². The van der Waals surface area contributed by atoms with Crippen molar-refractivity contribution in [3.05, 3.63) is 58.9 Å². The maximum absolute atomic E-state index is 13.0. The zero-order valence-electron chi connectivity index (χ0n) is 15.8. The first-order valence-electron chi connectivity index (χ1n) is 8.92. The van der Waals surface area contributed by atoms with Crippen LogP contribution in [0.1, 0.15) is 46.7 Å². The molecular formula is C20H26N2O3S. The summed E-state index contributed by atoms with van der Waals surface area (Å²) in [5, 5.41) is 0. The molecule has 1 aliphatic rings. The zero-order valence-corrected chi connectivity index (χ0v) is 16.6. The summed E-state index contributed by atoms with van der Waals surface area (Å²) >= 11 is 0. The molecule has 1 aromatic heterocycles. The van der Waals surface area contributed by atoms with Gasteiger partial charge in [0.05, 0.1) is 23.1 Å². The van der Waals surface area contributed by atoms with Gasteiger partial charge in [0.2, 0.25) is 0 Å². The van der Waals surface area contributed by atoms with E-state index in [4.69, 9.17) is 0 Å². The molecule has 3 rings (SSSR count). The number of aryl methyl sites for hydroxylation is 1. The molecule has 0 saturated carbocycles. The minimum absolute atomic E-state index is 0.0639. The molecule has 5 nitrogen and oxygen atoms in total. The van der Waals surface area contributed by atoms with Crippen molar-refractivity contribution in [2.75, 3.05) is 18.6 Å². The summed E-state index contributed by atoms with van der Waals surface area (Å²) in [5.74, 6) is 0.125. The van der Waals surface area contributed by atoms with E-state index in [0.29, 0.717) is 12.0 Å². The maximum atomic E-state index is 13.0. The van der Waals surface area contributed by atoms with Crippen LogP contribution in [0.4, 0.5) is 0 Å². The largest absolute Gasteiger partial charge is 0.341 e. The van der Waals surface area contributed by atoms with E-state index in [-0.39, 0.29) is 29.5 Å². The Morgan fingerprint density at radius 2 is 1.88 bits per heavy atom. The first-order valence-corrected chi connectivity index (χ1v) is 10.7. The summed E-state index contributed by atoms with van der Waals surface area (Å²) < 4.78 is 25.6. The summed E-state index contributed by atoms with van der Waals surface area (Å²) in [4.78, 5) is 14.6. The van der Waals surface area contributed by atoms with Crippen molar-refractivity contribution < 1.29 is 13.2 Å². The third-order valence-electron chi connectivity index (χ3n) is 5.46. The average Bonchev–Trinajstić information content (AvgIpc) is 3.12. The lowest BCUT2D eigenvalue weighted by atomic mass is 10.1. The molecule has 2 heterocycles. The second-order valence-corrected chi connectivity index (χ2v) is 9.44. The SMILES string of the molecule is Cc1cc(C(=O)N(C)C2CCS(=O)(=O)C2)c(C)n1C(C)c1ccccc1. The molecule has 0 N–H and O–H groups in total. The summed E-state index contributed by atoms with van der Waals surface area (Å²) in [5.41, 5.74) is 3.77. The number of benzene rings is 1. The van der Waals surface area contributed by atoms with E-state index >= 15 is 0 Å². The van der Waals surface area contributed by atoms with Gasteiger partial charge >= 0.3 is 0 Å². The lowest BCUT2D eigenvalue weighted by Gasteiger charge is -2.24. The smallest absolute Gasteiger partial charge is 0.255 e. The normalized spacial score (nSPS) is 20.1. The number of carbonyl (C=O) groups is 1. The van der Waals surface area contributed by atoms with Gasteiger partial charge in [0, 0.05) is 24.5 Å². The Labute approximate surface area is 155 Å². The first-order chi connectivity index (χ1) is 12.2. The Kier molecular flexibility index (Phi) is 4.97. The van der Waals surface area contributed by atoms with E-state index in [1.54, 1.807) is 11.9 Å². The molecule has 140 valence electrons. The van der Waals surface area contributed by atoms with E-state index < -0.39 is 9.84 Å². The van der Waals surface area contributed by atoms with Gasteiger partial charge in [-0.15, -0.1) is 0 Å². The Balaban J connectivity index is 1.89. The fourth-order valence-corrected chi connectivity index (χ4v) is 5.68. The minimum Gasteiger partial charge on any atom is -0.341 e. The minimum atomic E-state index is -3.02. The molecule has 1 saturated heterocycles. The van der Waals surface area contributed by atoms with E-state index in [1.165, 1.54) is 5.56 Å². The lowest BCUT2D eigenvalue weighted by Crippen LogP contribution is -2.38. The van der Waals surface area contributed by atoms with Crippen LogP contribution in [-0.2, 0) is 9.84 Å². The van der Waals surface area contributed by atoms with Gasteiger partial charge in [-0.1, -0.05) is 30.3 Å². The Bertz CT molecular complexity index is 916. The van der Waals surface area contributed by atoms with Crippen molar-refractivity contribution in [2.24, 2.45) is 0 Å². The fourth-order valence-electron chi connectivity index (χ4n) is 3.91. The molecule has 6 heteroatoms. The van der Waals surface area contributed by atoms with Gasteiger partial charge in [-0.3, -0.25) is 4.79 Å². The second kappa shape index (κ2) is 6.91. The molecule has 0 aliphatic carbocycles. The van der Waals surface area contributed by atoms with Crippen molar-refractivity contribution in [3.8, 4) is 0 Å². The third-order valence-corrected chi connectivity index (χ3v) is 7.21. The summed E-state index contributed by atoms with van der Waals surface area (Å²) in [7, 11) is -1.31. The monoisotopic (exact) mass is 374 g/mol. The first kappa shape index (κ1) is 18.7. The quantitative estimate of drug-likeness (QED) is 0.827. The van der Waals surface area contributed by atoms with Crippen LogP contribution in [0.25, 0.3) is 0 Å². The van der Waals surface area contributed by atoms with E-state index in [2.05, 4.69) is 23.6 Å². The second-order valence-electron chi connectivity index (χ2n) is 7.21. The predicted octanol–water partition coefficient (Wildman–Crippen LogP) is 2.97. The predicted molar refractivity (Wildman–Crippen MR) is 103 cm³/mol. The van der Waals surface area contributed by atoms with Crippen molar-refractivity contribution in [3.63, 3.8) is 0 Å². The van der Waals surface area contributed by atoms with Crippen LogP contribution in [0.3, 0.4) is 0 Å². The van der Waals surface area contributed by atoms with Crippen LogP contribution in [0.5, 0.6) is 0 Å². The molecule has 1 aromatic carbocycles. The molecule has 2 aromatic rings. The number of nitrogens with zero attached hydrogens (tertiary/aromatic N) is 2. The van der Waals surface area contributed by atoms with Gasteiger partial charge in [0.15, 0.2) is 9.84 Å². The molecule has 0 radical (unpaired) electrons. The number of amides is 1. The molecular weight excluding hydrogens is 348 g/mol. The number of aromatic nitrogens is 1. The van der Waals surface area contributed by atoms with Gasteiger partial charge in [0.1, 0.15) is 0 Å². The molecule has 26 heavy (non-hydrogen) atoms. The third kappa shape index (κ3) is 3.43. The van der Waals surface area contributed by atoms with Gasteiger partial charge in [0.25, 0.3) is 5.91 Å². The Hall–Kier alpha value is -2.08. The number of hydrogen-bond donors (Lipinski definition) is 0. The fraction of sp³-hybridized carbons (Fsp3) is 0.450. The maximum Gasteiger partial charge on any atom is 0.255 e. The van der Waals surface area contributed by atoms with Crippen LogP contribution in [0.15, 0.2) is 36.4 Å². The number of rotatable bonds is 4. The highest BCUT2D eigenvalue weighted by Gasteiger charge is 2.34. The van der Waals surface area contributed by atoms with Crippen LogP contribution in [0, 0.1) is 13.8 Å². The molecule has 1 amide bonds. The number of hydrogen-bond acceptors (Lipinski definition) is 3. The molecule has 1 aliphatic heterocycles. The summed E-state index contributed by atoms with van der Waals surface area (Å²) in [6.45, 7) is 6.08. The van der Waals surface area contributed by atoms with E-state index in [0.717, 1.165) is 11.4 Å². The van der Waals surface area contributed by atoms with Gasteiger partial charge in [-0.25, -0.2) is 8.42 Å². The van der Waals surface area contributed by atoms with Crippen molar-refractivity contribution in [1.82, 2.24) is 9.47 Å². The molecule has 0 bridgehead atoms. The van der Waals surface area contributed by atoms with Gasteiger partial charge in [-0.05, 0) is 38.8 Å². The lowest BCUT2D eigenvalue weighted by molar-refractivity contribution is 0.0747. The van der Waals surface area contributed by atoms with Gasteiger partial charge < -0.3 is 9.47 Å². The van der Waals surface area contributed by atoms with Crippen molar-refractivity contribution in [1.29, 1.82) is 0 Å². The number of carbonyl (C=O) groups excluding carboxylic acids is 1. The average molecular weight is 375 g/mol. The van der Waals surface area contributed by atoms with Crippen molar-refractivity contribution in [2.45, 2.75) is 39.3 Å². The highest BCUT2D eigenvalue weighted by atomic mass is 32.2. The summed E-state index contributed by atoms with van der Waals surface area (Å²) in [6.07, 6.45) is 0.518. The Morgan fingerprint density at radius 1 is 1.23 bits per heavy atom. The molecule has 1 fully saturated rings. The van der Waals surface area contributed by atoms with E-state index in [9.17, 15) is 13.2 Å². The standard InChI is InChI=1S/C20H26N2O3S/c1-14-12-19(20(23)21(4)18-10-11-26(24,25)13-18)16(3)22(14)15(2)17-8-6-5-7-9-17/h5-9,12,15,18H,10-11,13H2,1-4H3. The highest BCUT2D eigenvalue weighted by molar-refractivity contribution is 7.91. The molecule has 2 unspecified atom stereocenters. The Morgan fingerprint density at radius 3 is 2.46 bits per heavy atom. The van der Waals surface area contributed by atoms with Crippen LogP contribution < -0.4 is 0 Å². The van der Waals surface area contributed by atoms with Crippen molar-refractivity contribution >= 4 is 15.7 Å². The summed E-state index contributed by atoms with van der Waals surface area (Å²) in [6, 6.07) is 12.0. The van der Waals surface area contributed by atoms with Crippen LogP contribution >= 0.6 is 0 Å². The number of sulfone groups is 1. The molecule has 0 spiro atoms. The topological polar surface area (TPSA) is 59.4 Å². The highest BCUT2D eigenvalue weighted by Crippen LogP contribution is 2.27. The molecule has 2 atom stereocenters. The van der Waals surface area contributed by atoms with Gasteiger partial charge in [-0.2, -0.15) is 0 Å². The van der Waals surface area contributed by atoms with E-state index in [1.807, 2.05) is 38.1 Å². The van der Waals surface area contributed by atoms with Crippen LogP contribution in [0.2, 0.25) is 0 Å². The zero-order chi connectivity index (χ0) is 19.1.